The molecule has 3 N–H and O–H groups in total. The summed E-state index contributed by atoms with van der Waals surface area (Å²) < 4.78 is 20.3. The SMILES string of the molecule is CCC(Oc1cc(/C=C2\SC(=O)N(C)C2=O)c(Br)c(F)c1O)c1cnc(N)nc1. The van der Waals surface area contributed by atoms with Crippen LogP contribution >= 0.6 is 27.7 Å². The van der Waals surface area contributed by atoms with E-state index in [1.54, 1.807) is 0 Å². The van der Waals surface area contributed by atoms with Crippen molar-refractivity contribution in [1.29, 1.82) is 0 Å². The first-order valence-corrected chi connectivity index (χ1v) is 10.0. The minimum Gasteiger partial charge on any atom is -0.502 e. The number of aromatic hydroxyl groups is 1. The fraction of sp³-hybridized carbons (Fsp3) is 0.222. The number of carbonyl (C=O) groups is 2. The molecule has 1 aliphatic heterocycles. The second kappa shape index (κ2) is 8.37. The summed E-state index contributed by atoms with van der Waals surface area (Å²) in [5.74, 6) is -2.15. The second-order valence-electron chi connectivity index (χ2n) is 6.07. The number of rotatable bonds is 5. The number of thioether (sulfide) groups is 1. The van der Waals surface area contributed by atoms with E-state index in [4.69, 9.17) is 10.5 Å². The van der Waals surface area contributed by atoms with Crippen LogP contribution in [0.15, 0.2) is 27.8 Å². The molecule has 0 bridgehead atoms. The number of nitrogens with two attached hydrogens (primary N) is 1. The van der Waals surface area contributed by atoms with Crippen LogP contribution in [0.1, 0.15) is 30.6 Å². The van der Waals surface area contributed by atoms with Gasteiger partial charge in [0.1, 0.15) is 6.10 Å². The van der Waals surface area contributed by atoms with Crippen LogP contribution in [0.5, 0.6) is 11.5 Å². The fourth-order valence-electron chi connectivity index (χ4n) is 2.55. The third kappa shape index (κ3) is 4.20. The number of benzene rings is 1. The molecule has 1 aliphatic rings. The van der Waals surface area contributed by atoms with E-state index in [1.807, 2.05) is 6.92 Å². The topological polar surface area (TPSA) is 119 Å². The second-order valence-corrected chi connectivity index (χ2v) is 7.86. The summed E-state index contributed by atoms with van der Waals surface area (Å²) in [6, 6.07) is 1.38. The van der Waals surface area contributed by atoms with Crippen molar-refractivity contribution < 1.29 is 23.8 Å². The molecule has 0 aliphatic carbocycles. The number of hydrogen-bond acceptors (Lipinski definition) is 8. The van der Waals surface area contributed by atoms with Gasteiger partial charge in [-0.2, -0.15) is 0 Å². The molecular formula is C18H16BrFN4O4S. The van der Waals surface area contributed by atoms with Gasteiger partial charge in [-0.15, -0.1) is 0 Å². The third-order valence-electron chi connectivity index (χ3n) is 4.15. The molecule has 2 aromatic rings. The molecule has 0 spiro atoms. The van der Waals surface area contributed by atoms with Crippen molar-refractivity contribution in [2.75, 3.05) is 12.8 Å². The van der Waals surface area contributed by atoms with Gasteiger partial charge in [0.2, 0.25) is 5.95 Å². The summed E-state index contributed by atoms with van der Waals surface area (Å²) in [6.45, 7) is 1.84. The van der Waals surface area contributed by atoms with Crippen molar-refractivity contribution in [3.05, 3.63) is 44.8 Å². The van der Waals surface area contributed by atoms with Crippen LogP contribution in [0, 0.1) is 5.82 Å². The molecular weight excluding hydrogens is 467 g/mol. The van der Waals surface area contributed by atoms with Crippen LogP contribution in [-0.4, -0.2) is 38.2 Å². The Morgan fingerprint density at radius 1 is 1.41 bits per heavy atom. The van der Waals surface area contributed by atoms with Crippen molar-refractivity contribution in [3.8, 4) is 11.5 Å². The van der Waals surface area contributed by atoms with Crippen LogP contribution in [-0.2, 0) is 4.79 Å². The van der Waals surface area contributed by atoms with E-state index in [-0.39, 0.29) is 26.6 Å². The monoisotopic (exact) mass is 482 g/mol. The number of nitrogen functional groups attached to an aromatic ring is 1. The predicted molar refractivity (Wildman–Crippen MR) is 110 cm³/mol. The quantitative estimate of drug-likeness (QED) is 0.616. The molecule has 3 rings (SSSR count). The summed E-state index contributed by atoms with van der Waals surface area (Å²) in [6.07, 6.45) is 4.25. The maximum atomic E-state index is 14.6. The zero-order valence-electron chi connectivity index (χ0n) is 15.3. The molecule has 8 nitrogen and oxygen atoms in total. The van der Waals surface area contributed by atoms with Crippen molar-refractivity contribution in [3.63, 3.8) is 0 Å². The van der Waals surface area contributed by atoms with Crippen LogP contribution in [0.25, 0.3) is 6.08 Å². The Balaban J connectivity index is 1.99. The van der Waals surface area contributed by atoms with Gasteiger partial charge in [-0.05, 0) is 51.8 Å². The van der Waals surface area contributed by atoms with E-state index >= 15 is 0 Å². The Morgan fingerprint density at radius 3 is 2.62 bits per heavy atom. The number of phenols is 1. The van der Waals surface area contributed by atoms with Gasteiger partial charge in [0.15, 0.2) is 17.3 Å². The van der Waals surface area contributed by atoms with E-state index in [2.05, 4.69) is 25.9 Å². The van der Waals surface area contributed by atoms with E-state index in [1.165, 1.54) is 31.6 Å². The number of likely N-dealkylation sites (N-methyl/N-ethyl adjacent to an activating group) is 1. The summed E-state index contributed by atoms with van der Waals surface area (Å²) in [7, 11) is 1.36. The number of hydrogen-bond donors (Lipinski definition) is 2. The molecule has 1 unspecified atom stereocenters. The number of anilines is 1. The number of imide groups is 1. The Morgan fingerprint density at radius 2 is 2.07 bits per heavy atom. The number of carbonyl (C=O) groups excluding carboxylic acids is 2. The zero-order valence-corrected chi connectivity index (χ0v) is 17.8. The Hall–Kier alpha value is -2.66. The summed E-state index contributed by atoms with van der Waals surface area (Å²) >= 11 is 3.81. The van der Waals surface area contributed by atoms with Gasteiger partial charge in [0, 0.05) is 25.0 Å². The number of nitrogens with zero attached hydrogens (tertiary/aromatic N) is 3. The number of ether oxygens (including phenoxy) is 1. The van der Waals surface area contributed by atoms with Crippen molar-refractivity contribution in [2.45, 2.75) is 19.4 Å². The van der Waals surface area contributed by atoms with Crippen molar-refractivity contribution in [2.24, 2.45) is 0 Å². The zero-order chi connectivity index (χ0) is 21.3. The molecule has 1 fully saturated rings. The Labute approximate surface area is 178 Å². The molecule has 1 aromatic heterocycles. The molecule has 1 aromatic carbocycles. The van der Waals surface area contributed by atoms with E-state index in [0.29, 0.717) is 12.0 Å². The fourth-order valence-corrected chi connectivity index (χ4v) is 3.78. The minimum absolute atomic E-state index is 0.0610. The summed E-state index contributed by atoms with van der Waals surface area (Å²) in [5, 5.41) is 9.77. The number of amides is 2. The average molecular weight is 483 g/mol. The van der Waals surface area contributed by atoms with Gasteiger partial charge in [0.05, 0.1) is 9.38 Å². The molecule has 11 heteroatoms. The van der Waals surface area contributed by atoms with E-state index in [0.717, 1.165) is 16.7 Å². The van der Waals surface area contributed by atoms with Gasteiger partial charge in [0.25, 0.3) is 11.1 Å². The molecule has 152 valence electrons. The Kier molecular flexibility index (Phi) is 6.08. The molecule has 1 saturated heterocycles. The lowest BCUT2D eigenvalue weighted by molar-refractivity contribution is -0.121. The van der Waals surface area contributed by atoms with Crippen LogP contribution < -0.4 is 10.5 Å². The lowest BCUT2D eigenvalue weighted by atomic mass is 10.1. The highest BCUT2D eigenvalue weighted by Crippen LogP contribution is 2.41. The molecule has 2 heterocycles. The lowest BCUT2D eigenvalue weighted by Gasteiger charge is -2.19. The van der Waals surface area contributed by atoms with Crippen LogP contribution in [0.4, 0.5) is 15.1 Å². The summed E-state index contributed by atoms with van der Waals surface area (Å²) in [5.41, 5.74) is 6.32. The van der Waals surface area contributed by atoms with Crippen LogP contribution in [0.3, 0.4) is 0 Å². The van der Waals surface area contributed by atoms with Gasteiger partial charge >= 0.3 is 0 Å². The largest absolute Gasteiger partial charge is 0.502 e. The van der Waals surface area contributed by atoms with E-state index < -0.39 is 28.8 Å². The maximum absolute atomic E-state index is 14.6. The first-order valence-electron chi connectivity index (χ1n) is 8.39. The number of phenolic OH excluding ortho intramolecular Hbond substituents is 1. The average Bonchev–Trinajstić information content (AvgIpc) is 2.95. The third-order valence-corrected chi connectivity index (χ3v) is 5.92. The maximum Gasteiger partial charge on any atom is 0.293 e. The smallest absolute Gasteiger partial charge is 0.293 e. The predicted octanol–water partition coefficient (Wildman–Crippen LogP) is 3.86. The summed E-state index contributed by atoms with van der Waals surface area (Å²) in [4.78, 5) is 32.7. The molecule has 0 radical (unpaired) electrons. The van der Waals surface area contributed by atoms with Crippen LogP contribution in [0.2, 0.25) is 0 Å². The van der Waals surface area contributed by atoms with Crippen molar-refractivity contribution in [1.82, 2.24) is 14.9 Å². The lowest BCUT2D eigenvalue weighted by Crippen LogP contribution is -2.22. The molecule has 2 amide bonds. The van der Waals surface area contributed by atoms with E-state index in [9.17, 15) is 19.1 Å². The molecule has 0 saturated carbocycles. The molecule has 29 heavy (non-hydrogen) atoms. The van der Waals surface area contributed by atoms with Crippen molar-refractivity contribution >= 4 is 50.9 Å². The highest BCUT2D eigenvalue weighted by atomic mass is 79.9. The minimum atomic E-state index is -0.951. The number of halogens is 2. The first kappa shape index (κ1) is 21.1. The highest BCUT2D eigenvalue weighted by Gasteiger charge is 2.32. The standard InChI is InChI=1S/C18H16BrFN4O4S/c1-3-10(9-6-22-17(21)23-7-9)28-11-4-8(13(19)14(20)15(11)25)5-12-16(26)24(2)18(27)29-12/h4-7,10,25H,3H2,1-2H3,(H2,21,22,23)/b12-5-. The van der Waals surface area contributed by atoms with Gasteiger partial charge < -0.3 is 15.6 Å². The normalized spacial score (nSPS) is 16.6. The Bertz CT molecular complexity index is 1020. The highest BCUT2D eigenvalue weighted by molar-refractivity contribution is 9.10. The van der Waals surface area contributed by atoms with Gasteiger partial charge in [-0.3, -0.25) is 14.5 Å². The van der Waals surface area contributed by atoms with Gasteiger partial charge in [-0.25, -0.2) is 14.4 Å². The molecule has 1 atom stereocenters. The van der Waals surface area contributed by atoms with Gasteiger partial charge in [-0.1, -0.05) is 6.92 Å². The first-order chi connectivity index (χ1) is 13.7. The number of aromatic nitrogens is 2.